The molecule has 0 N–H and O–H groups in total. The summed E-state index contributed by atoms with van der Waals surface area (Å²) in [6.45, 7) is 11.3. The second-order valence-electron chi connectivity index (χ2n) is 18.8. The zero-order chi connectivity index (χ0) is 42.6. The van der Waals surface area contributed by atoms with Crippen LogP contribution in [0.3, 0.4) is 0 Å². The van der Waals surface area contributed by atoms with E-state index in [4.69, 9.17) is 14.2 Å². The summed E-state index contributed by atoms with van der Waals surface area (Å²) in [6.07, 6.45) is 45.3. The van der Waals surface area contributed by atoms with Crippen LogP contribution in [0.25, 0.3) is 0 Å². The first-order chi connectivity index (χ1) is 28.2. The molecule has 0 fully saturated rings. The number of hydrogen-bond donors (Lipinski definition) is 0. The average Bonchev–Trinajstić information content (AvgIpc) is 3.19. The molecule has 0 amide bonds. The highest BCUT2D eigenvalue weighted by Crippen LogP contribution is 2.17. The number of carbonyl (C=O) groups is 3. The molecule has 0 saturated heterocycles. The lowest BCUT2D eigenvalue weighted by atomic mass is 10.0. The molecule has 1 atom stereocenters. The first kappa shape index (κ1) is 56.4. The summed E-state index contributed by atoms with van der Waals surface area (Å²) >= 11 is 0. The van der Waals surface area contributed by atoms with Gasteiger partial charge in [0.2, 0.25) is 0 Å². The van der Waals surface area contributed by atoms with Crippen LogP contribution in [0.1, 0.15) is 285 Å². The Morgan fingerprint density at radius 3 is 0.845 bits per heavy atom. The van der Waals surface area contributed by atoms with Gasteiger partial charge in [-0.25, -0.2) is 0 Å². The van der Waals surface area contributed by atoms with Gasteiger partial charge in [-0.15, -0.1) is 0 Å². The molecular formula is C52H100O6. The highest BCUT2D eigenvalue weighted by molar-refractivity contribution is 5.71. The maximum absolute atomic E-state index is 12.8. The average molecular weight is 821 g/mol. The summed E-state index contributed by atoms with van der Waals surface area (Å²) in [5.74, 6) is 0.827. The summed E-state index contributed by atoms with van der Waals surface area (Å²) in [7, 11) is 0. The van der Waals surface area contributed by atoms with Crippen molar-refractivity contribution in [1.82, 2.24) is 0 Å². The van der Waals surface area contributed by atoms with Crippen molar-refractivity contribution in [2.45, 2.75) is 291 Å². The lowest BCUT2D eigenvalue weighted by Crippen LogP contribution is -2.30. The quantitative estimate of drug-likeness (QED) is 0.0346. The van der Waals surface area contributed by atoms with Gasteiger partial charge in [-0.3, -0.25) is 14.4 Å². The maximum atomic E-state index is 12.8. The molecule has 0 aromatic heterocycles. The maximum Gasteiger partial charge on any atom is 0.306 e. The molecule has 0 aliphatic rings. The van der Waals surface area contributed by atoms with Gasteiger partial charge in [0.25, 0.3) is 0 Å². The minimum Gasteiger partial charge on any atom is -0.462 e. The van der Waals surface area contributed by atoms with Crippen LogP contribution in [0.15, 0.2) is 0 Å². The third kappa shape index (κ3) is 45.5. The van der Waals surface area contributed by atoms with E-state index in [1.165, 1.54) is 173 Å². The smallest absolute Gasteiger partial charge is 0.306 e. The molecule has 0 aliphatic heterocycles. The second kappa shape index (κ2) is 44.9. The Kier molecular flexibility index (Phi) is 43.7. The Labute approximate surface area is 361 Å². The van der Waals surface area contributed by atoms with Crippen molar-refractivity contribution >= 4 is 17.9 Å². The predicted molar refractivity (Wildman–Crippen MR) is 247 cm³/mol. The number of esters is 3. The normalized spacial score (nSPS) is 12.1. The standard InChI is InChI=1S/C52H100O6/c1-6-7-8-9-25-32-37-42-50(53)56-45-49(46-57-51(54)43-38-33-28-23-19-16-15-18-22-27-31-36-41-48(4)5)58-52(55)44-39-34-29-24-20-14-12-10-11-13-17-21-26-30-35-40-47(2)3/h47-49H,6-46H2,1-5H3/t49-/m0/s1. The van der Waals surface area contributed by atoms with E-state index in [0.29, 0.717) is 19.3 Å². The van der Waals surface area contributed by atoms with E-state index < -0.39 is 6.10 Å². The number of hydrogen-bond acceptors (Lipinski definition) is 6. The first-order valence-corrected chi connectivity index (χ1v) is 25.7. The van der Waals surface area contributed by atoms with Gasteiger partial charge in [-0.2, -0.15) is 0 Å². The molecule has 0 aliphatic carbocycles. The number of rotatable bonds is 46. The molecule has 0 radical (unpaired) electrons. The molecular weight excluding hydrogens is 721 g/mol. The molecule has 344 valence electrons. The SMILES string of the molecule is CCCCCCCCCC(=O)OC[C@@H](COC(=O)CCCCCCCCCCCCCCC(C)C)OC(=O)CCCCCCCCCCCCCCCCCC(C)C. The third-order valence-electron chi connectivity index (χ3n) is 11.7. The molecule has 6 heteroatoms. The van der Waals surface area contributed by atoms with Gasteiger partial charge in [0.15, 0.2) is 6.10 Å². The third-order valence-corrected chi connectivity index (χ3v) is 11.7. The minimum absolute atomic E-state index is 0.0640. The fraction of sp³-hybridized carbons (Fsp3) is 0.942. The molecule has 0 heterocycles. The highest BCUT2D eigenvalue weighted by atomic mass is 16.6. The van der Waals surface area contributed by atoms with Gasteiger partial charge in [0.1, 0.15) is 13.2 Å². The molecule has 0 rings (SSSR count). The lowest BCUT2D eigenvalue weighted by molar-refractivity contribution is -0.167. The zero-order valence-corrected chi connectivity index (χ0v) is 39.7. The number of unbranched alkanes of at least 4 members (excludes halogenated alkanes) is 31. The molecule has 0 saturated carbocycles. The van der Waals surface area contributed by atoms with Crippen LogP contribution in [0.5, 0.6) is 0 Å². The van der Waals surface area contributed by atoms with Crippen molar-refractivity contribution in [2.75, 3.05) is 13.2 Å². The van der Waals surface area contributed by atoms with E-state index in [-0.39, 0.29) is 31.1 Å². The molecule has 0 spiro atoms. The Balaban J connectivity index is 4.20. The molecule has 6 nitrogen and oxygen atoms in total. The fourth-order valence-corrected chi connectivity index (χ4v) is 7.81. The van der Waals surface area contributed by atoms with E-state index in [1.807, 2.05) is 0 Å². The monoisotopic (exact) mass is 821 g/mol. The summed E-state index contributed by atoms with van der Waals surface area (Å²) in [6, 6.07) is 0. The summed E-state index contributed by atoms with van der Waals surface area (Å²) in [4.78, 5) is 37.8. The van der Waals surface area contributed by atoms with E-state index in [9.17, 15) is 14.4 Å². The fourth-order valence-electron chi connectivity index (χ4n) is 7.81. The topological polar surface area (TPSA) is 78.9 Å². The largest absolute Gasteiger partial charge is 0.462 e. The van der Waals surface area contributed by atoms with Crippen LogP contribution in [0.4, 0.5) is 0 Å². The van der Waals surface area contributed by atoms with Crippen LogP contribution in [-0.2, 0) is 28.6 Å². The van der Waals surface area contributed by atoms with Crippen molar-refractivity contribution < 1.29 is 28.6 Å². The zero-order valence-electron chi connectivity index (χ0n) is 39.7. The van der Waals surface area contributed by atoms with Crippen LogP contribution >= 0.6 is 0 Å². The molecule has 58 heavy (non-hydrogen) atoms. The van der Waals surface area contributed by atoms with Crippen molar-refractivity contribution in [2.24, 2.45) is 11.8 Å². The van der Waals surface area contributed by atoms with Crippen molar-refractivity contribution in [3.8, 4) is 0 Å². The molecule has 0 aromatic rings. The van der Waals surface area contributed by atoms with Gasteiger partial charge in [-0.1, -0.05) is 247 Å². The van der Waals surface area contributed by atoms with Gasteiger partial charge >= 0.3 is 17.9 Å². The van der Waals surface area contributed by atoms with E-state index in [1.54, 1.807) is 0 Å². The Hall–Kier alpha value is -1.59. The minimum atomic E-state index is -0.760. The van der Waals surface area contributed by atoms with Gasteiger partial charge in [0, 0.05) is 19.3 Å². The molecule has 0 aromatic carbocycles. The second-order valence-corrected chi connectivity index (χ2v) is 18.8. The van der Waals surface area contributed by atoms with E-state index in [2.05, 4.69) is 34.6 Å². The van der Waals surface area contributed by atoms with Crippen molar-refractivity contribution in [3.63, 3.8) is 0 Å². The first-order valence-electron chi connectivity index (χ1n) is 25.7. The Morgan fingerprint density at radius 1 is 0.328 bits per heavy atom. The lowest BCUT2D eigenvalue weighted by Gasteiger charge is -2.18. The van der Waals surface area contributed by atoms with Crippen molar-refractivity contribution in [1.29, 1.82) is 0 Å². The molecule has 0 unspecified atom stereocenters. The van der Waals surface area contributed by atoms with Crippen LogP contribution in [-0.4, -0.2) is 37.2 Å². The van der Waals surface area contributed by atoms with Crippen molar-refractivity contribution in [3.05, 3.63) is 0 Å². The summed E-state index contributed by atoms with van der Waals surface area (Å²) in [5.41, 5.74) is 0. The molecule has 0 bridgehead atoms. The van der Waals surface area contributed by atoms with Gasteiger partial charge in [0.05, 0.1) is 0 Å². The van der Waals surface area contributed by atoms with Crippen LogP contribution < -0.4 is 0 Å². The van der Waals surface area contributed by atoms with Crippen LogP contribution in [0, 0.1) is 11.8 Å². The summed E-state index contributed by atoms with van der Waals surface area (Å²) < 4.78 is 16.7. The van der Waals surface area contributed by atoms with Gasteiger partial charge < -0.3 is 14.2 Å². The van der Waals surface area contributed by atoms with E-state index >= 15 is 0 Å². The predicted octanol–water partition coefficient (Wildman–Crippen LogP) is 16.5. The summed E-state index contributed by atoms with van der Waals surface area (Å²) in [5, 5.41) is 0. The van der Waals surface area contributed by atoms with Crippen LogP contribution in [0.2, 0.25) is 0 Å². The number of ether oxygens (including phenoxy) is 3. The van der Waals surface area contributed by atoms with Gasteiger partial charge in [-0.05, 0) is 31.1 Å². The highest BCUT2D eigenvalue weighted by Gasteiger charge is 2.19. The van der Waals surface area contributed by atoms with E-state index in [0.717, 1.165) is 69.6 Å². The Morgan fingerprint density at radius 2 is 0.569 bits per heavy atom. The number of carbonyl (C=O) groups excluding carboxylic acids is 3. The Bertz CT molecular complexity index is 885.